The van der Waals surface area contributed by atoms with E-state index >= 15 is 0 Å². The first kappa shape index (κ1) is 18.4. The molecule has 4 nitrogen and oxygen atoms in total. The van der Waals surface area contributed by atoms with Gasteiger partial charge in [0.2, 0.25) is 5.91 Å². The molecule has 6 heteroatoms. The van der Waals surface area contributed by atoms with Crippen LogP contribution in [0.2, 0.25) is 0 Å². The lowest BCUT2D eigenvalue weighted by atomic mass is 10.0. The van der Waals surface area contributed by atoms with E-state index in [2.05, 4.69) is 10.6 Å². The van der Waals surface area contributed by atoms with Crippen molar-refractivity contribution in [2.75, 3.05) is 13.1 Å². The van der Waals surface area contributed by atoms with Crippen LogP contribution in [0.3, 0.4) is 0 Å². The fourth-order valence-electron chi connectivity index (χ4n) is 3.06. The highest BCUT2D eigenvalue weighted by atomic mass is 19.1. The van der Waals surface area contributed by atoms with Gasteiger partial charge < -0.3 is 10.6 Å². The Kier molecular flexibility index (Phi) is 7.15. The monoisotopic (exact) mass is 338 g/mol. The minimum absolute atomic E-state index is 0.115. The van der Waals surface area contributed by atoms with Crippen LogP contribution in [0, 0.1) is 17.6 Å². The molecule has 2 amide bonds. The Morgan fingerprint density at radius 1 is 1.08 bits per heavy atom. The molecule has 132 valence electrons. The second-order valence-electron chi connectivity index (χ2n) is 6.27. The smallest absolute Gasteiger partial charge is 0.254 e. The Bertz CT molecular complexity index is 572. The molecule has 1 aromatic carbocycles. The zero-order valence-corrected chi connectivity index (χ0v) is 13.7. The third-order valence-corrected chi connectivity index (χ3v) is 4.40. The molecular formula is C18H24F2N2O2. The van der Waals surface area contributed by atoms with Crippen LogP contribution < -0.4 is 10.6 Å². The van der Waals surface area contributed by atoms with Crippen molar-refractivity contribution in [3.63, 3.8) is 0 Å². The Balaban J connectivity index is 1.58. The Morgan fingerprint density at radius 3 is 2.54 bits per heavy atom. The van der Waals surface area contributed by atoms with Gasteiger partial charge in [0, 0.05) is 25.6 Å². The summed E-state index contributed by atoms with van der Waals surface area (Å²) in [7, 11) is 0. The first-order valence-electron chi connectivity index (χ1n) is 8.56. The van der Waals surface area contributed by atoms with E-state index in [1.54, 1.807) is 0 Å². The fourth-order valence-corrected chi connectivity index (χ4v) is 3.06. The second kappa shape index (κ2) is 9.35. The molecule has 0 aromatic heterocycles. The summed E-state index contributed by atoms with van der Waals surface area (Å²) in [5.41, 5.74) is -0.228. The van der Waals surface area contributed by atoms with Crippen molar-refractivity contribution in [3.05, 3.63) is 35.4 Å². The van der Waals surface area contributed by atoms with E-state index < -0.39 is 17.5 Å². The standard InChI is InChI=1S/C18H24F2N2O2/c19-14-7-8-15(16(20)12-14)18(24)22-11-9-17(23)21-10-3-6-13-4-1-2-5-13/h7-8,12-13H,1-6,9-11H2,(H,21,23)(H,22,24). The molecule has 0 spiro atoms. The molecule has 0 unspecified atom stereocenters. The zero-order chi connectivity index (χ0) is 17.4. The largest absolute Gasteiger partial charge is 0.356 e. The average Bonchev–Trinajstić information content (AvgIpc) is 3.04. The molecule has 1 aliphatic rings. The fraction of sp³-hybridized carbons (Fsp3) is 0.556. The van der Waals surface area contributed by atoms with Crippen LogP contribution in [0.1, 0.15) is 55.3 Å². The third kappa shape index (κ3) is 5.91. The summed E-state index contributed by atoms with van der Waals surface area (Å²) < 4.78 is 26.2. The normalized spacial score (nSPS) is 14.6. The van der Waals surface area contributed by atoms with Gasteiger partial charge in [-0.15, -0.1) is 0 Å². The highest BCUT2D eigenvalue weighted by Gasteiger charge is 2.14. The Morgan fingerprint density at radius 2 is 1.83 bits per heavy atom. The lowest BCUT2D eigenvalue weighted by molar-refractivity contribution is -0.120. The van der Waals surface area contributed by atoms with Gasteiger partial charge in [-0.05, 0) is 30.9 Å². The van der Waals surface area contributed by atoms with E-state index in [9.17, 15) is 18.4 Å². The molecule has 0 aliphatic heterocycles. The zero-order valence-electron chi connectivity index (χ0n) is 13.7. The molecule has 1 aromatic rings. The summed E-state index contributed by atoms with van der Waals surface area (Å²) in [6, 6.07) is 2.77. The molecule has 2 N–H and O–H groups in total. The van der Waals surface area contributed by atoms with E-state index in [-0.39, 0.29) is 24.4 Å². The Hall–Kier alpha value is -1.98. The number of carbonyl (C=O) groups excluding carboxylic acids is 2. The van der Waals surface area contributed by atoms with Gasteiger partial charge in [-0.25, -0.2) is 8.78 Å². The highest BCUT2D eigenvalue weighted by Crippen LogP contribution is 2.28. The number of halogens is 2. The topological polar surface area (TPSA) is 58.2 Å². The number of hydrogen-bond donors (Lipinski definition) is 2. The van der Waals surface area contributed by atoms with E-state index in [4.69, 9.17) is 0 Å². The first-order chi connectivity index (χ1) is 11.6. The lowest BCUT2D eigenvalue weighted by Gasteiger charge is -2.10. The maximum absolute atomic E-state index is 13.4. The average molecular weight is 338 g/mol. The van der Waals surface area contributed by atoms with Gasteiger partial charge in [0.1, 0.15) is 11.6 Å². The van der Waals surface area contributed by atoms with Gasteiger partial charge in [-0.2, -0.15) is 0 Å². The second-order valence-corrected chi connectivity index (χ2v) is 6.27. The first-order valence-corrected chi connectivity index (χ1v) is 8.56. The molecule has 1 saturated carbocycles. The number of benzene rings is 1. The van der Waals surface area contributed by atoms with E-state index in [1.165, 1.54) is 25.7 Å². The predicted octanol–water partition coefficient (Wildman–Crippen LogP) is 3.17. The van der Waals surface area contributed by atoms with Gasteiger partial charge in [0.25, 0.3) is 5.91 Å². The number of carbonyl (C=O) groups is 2. The molecule has 1 aliphatic carbocycles. The SMILES string of the molecule is O=C(CCNC(=O)c1ccc(F)cc1F)NCCCC1CCCC1. The summed E-state index contributed by atoms with van der Waals surface area (Å²) in [6.07, 6.45) is 7.53. The van der Waals surface area contributed by atoms with Gasteiger partial charge in [0.15, 0.2) is 0 Å². The summed E-state index contributed by atoms with van der Waals surface area (Å²) in [5, 5.41) is 5.29. The molecule has 0 bridgehead atoms. The van der Waals surface area contributed by atoms with Gasteiger partial charge in [-0.3, -0.25) is 9.59 Å². The maximum atomic E-state index is 13.4. The third-order valence-electron chi connectivity index (χ3n) is 4.40. The van der Waals surface area contributed by atoms with Crippen LogP contribution in [0.25, 0.3) is 0 Å². The number of amides is 2. The summed E-state index contributed by atoms with van der Waals surface area (Å²) in [4.78, 5) is 23.4. The molecule has 24 heavy (non-hydrogen) atoms. The molecule has 0 radical (unpaired) electrons. The quantitative estimate of drug-likeness (QED) is 0.715. The van der Waals surface area contributed by atoms with Crippen molar-refractivity contribution in [3.8, 4) is 0 Å². The van der Waals surface area contributed by atoms with Crippen LogP contribution in [-0.2, 0) is 4.79 Å². The van der Waals surface area contributed by atoms with Gasteiger partial charge in [-0.1, -0.05) is 25.7 Å². The minimum atomic E-state index is -0.913. The van der Waals surface area contributed by atoms with E-state index in [0.717, 1.165) is 30.9 Å². The lowest BCUT2D eigenvalue weighted by Crippen LogP contribution is -2.31. The van der Waals surface area contributed by atoms with Gasteiger partial charge in [0.05, 0.1) is 5.56 Å². The minimum Gasteiger partial charge on any atom is -0.356 e. The number of nitrogens with one attached hydrogen (secondary N) is 2. The van der Waals surface area contributed by atoms with E-state index in [1.807, 2.05) is 0 Å². The predicted molar refractivity (Wildman–Crippen MR) is 87.5 cm³/mol. The van der Waals surface area contributed by atoms with Crippen molar-refractivity contribution in [2.45, 2.75) is 44.9 Å². The molecule has 2 rings (SSSR count). The van der Waals surface area contributed by atoms with Crippen molar-refractivity contribution >= 4 is 11.8 Å². The summed E-state index contributed by atoms with van der Waals surface area (Å²) in [5.74, 6) is -1.63. The molecular weight excluding hydrogens is 314 g/mol. The van der Waals surface area contributed by atoms with Crippen molar-refractivity contribution in [1.29, 1.82) is 0 Å². The molecule has 0 atom stereocenters. The Labute approximate surface area is 141 Å². The summed E-state index contributed by atoms with van der Waals surface area (Å²) in [6.45, 7) is 0.764. The maximum Gasteiger partial charge on any atom is 0.254 e. The van der Waals surface area contributed by atoms with Crippen molar-refractivity contribution in [1.82, 2.24) is 10.6 Å². The van der Waals surface area contributed by atoms with Crippen LogP contribution >= 0.6 is 0 Å². The summed E-state index contributed by atoms with van der Waals surface area (Å²) >= 11 is 0. The number of hydrogen-bond acceptors (Lipinski definition) is 2. The van der Waals surface area contributed by atoms with Crippen LogP contribution in [0.15, 0.2) is 18.2 Å². The van der Waals surface area contributed by atoms with E-state index in [0.29, 0.717) is 12.6 Å². The molecule has 1 fully saturated rings. The van der Waals surface area contributed by atoms with Crippen molar-refractivity contribution in [2.24, 2.45) is 5.92 Å². The van der Waals surface area contributed by atoms with Crippen molar-refractivity contribution < 1.29 is 18.4 Å². The number of rotatable bonds is 8. The molecule has 0 heterocycles. The highest BCUT2D eigenvalue weighted by molar-refractivity contribution is 5.94. The van der Waals surface area contributed by atoms with Crippen LogP contribution in [0.4, 0.5) is 8.78 Å². The van der Waals surface area contributed by atoms with Gasteiger partial charge >= 0.3 is 0 Å². The van der Waals surface area contributed by atoms with Crippen LogP contribution in [-0.4, -0.2) is 24.9 Å². The van der Waals surface area contributed by atoms with Crippen LogP contribution in [0.5, 0.6) is 0 Å². The molecule has 0 saturated heterocycles.